The van der Waals surface area contributed by atoms with Gasteiger partial charge in [0.15, 0.2) is 11.4 Å². The van der Waals surface area contributed by atoms with Gasteiger partial charge >= 0.3 is 0 Å². The van der Waals surface area contributed by atoms with Crippen LogP contribution in [0.1, 0.15) is 68.1 Å². The maximum atomic E-state index is 12.8. The number of carbonyl (C=O) groups excluding carboxylic acids is 1. The molecule has 2 aromatic heterocycles. The fourth-order valence-corrected chi connectivity index (χ4v) is 3.91. The third-order valence-corrected chi connectivity index (χ3v) is 5.40. The first-order valence-corrected chi connectivity index (χ1v) is 10.2. The third-order valence-electron chi connectivity index (χ3n) is 5.40. The lowest BCUT2D eigenvalue weighted by atomic mass is 9.90. The van der Waals surface area contributed by atoms with Crippen LogP contribution in [0.3, 0.4) is 0 Å². The van der Waals surface area contributed by atoms with Gasteiger partial charge in [0.2, 0.25) is 0 Å². The summed E-state index contributed by atoms with van der Waals surface area (Å²) in [6.45, 7) is 4.51. The van der Waals surface area contributed by atoms with E-state index in [4.69, 9.17) is 4.74 Å². The molecule has 148 valence electrons. The summed E-state index contributed by atoms with van der Waals surface area (Å²) in [6, 6.07) is 3.56. The number of nitrogens with zero attached hydrogens (tertiary/aromatic N) is 2. The number of pyridine rings is 1. The molecule has 1 aliphatic rings. The summed E-state index contributed by atoms with van der Waals surface area (Å²) in [4.78, 5) is 17.4. The van der Waals surface area contributed by atoms with E-state index < -0.39 is 0 Å². The van der Waals surface area contributed by atoms with Crippen molar-refractivity contribution < 1.29 is 14.6 Å². The topological polar surface area (TPSA) is 75.9 Å². The summed E-state index contributed by atoms with van der Waals surface area (Å²) >= 11 is 0. The first-order chi connectivity index (χ1) is 13.1. The van der Waals surface area contributed by atoms with Gasteiger partial charge in [-0.1, -0.05) is 32.6 Å². The van der Waals surface area contributed by atoms with Gasteiger partial charge in [-0.25, -0.2) is 4.98 Å². The van der Waals surface area contributed by atoms with E-state index in [9.17, 15) is 9.90 Å². The Kier molecular flexibility index (Phi) is 6.72. The number of fused-ring (bicyclic) bond motifs is 1. The van der Waals surface area contributed by atoms with Crippen molar-refractivity contribution in [1.82, 2.24) is 14.7 Å². The zero-order valence-corrected chi connectivity index (χ0v) is 16.4. The number of aliphatic hydroxyl groups excluding tert-OH is 1. The predicted molar refractivity (Wildman–Crippen MR) is 105 cm³/mol. The fraction of sp³-hybridized carbons (Fsp3) is 0.619. The van der Waals surface area contributed by atoms with Crippen molar-refractivity contribution in [3.8, 4) is 5.75 Å². The molecule has 2 heterocycles. The van der Waals surface area contributed by atoms with Crippen LogP contribution in [0.2, 0.25) is 0 Å². The summed E-state index contributed by atoms with van der Waals surface area (Å²) in [5.74, 6) is 1.12. The number of carbonyl (C=O) groups is 1. The van der Waals surface area contributed by atoms with Gasteiger partial charge in [-0.3, -0.25) is 9.20 Å². The molecule has 1 saturated carbocycles. The van der Waals surface area contributed by atoms with Gasteiger partial charge in [0.1, 0.15) is 5.69 Å². The molecule has 0 saturated heterocycles. The molecule has 0 bridgehead atoms. The second-order valence-electron chi connectivity index (χ2n) is 7.57. The molecule has 27 heavy (non-hydrogen) atoms. The maximum Gasteiger partial charge on any atom is 0.270 e. The van der Waals surface area contributed by atoms with E-state index in [0.29, 0.717) is 29.6 Å². The minimum Gasteiger partial charge on any atom is -0.489 e. The van der Waals surface area contributed by atoms with Crippen LogP contribution in [-0.2, 0) is 0 Å². The Hall–Kier alpha value is -2.08. The number of rotatable bonds is 8. The van der Waals surface area contributed by atoms with Crippen molar-refractivity contribution in [2.75, 3.05) is 13.2 Å². The number of amides is 1. The van der Waals surface area contributed by atoms with Crippen LogP contribution in [0.15, 0.2) is 18.3 Å². The smallest absolute Gasteiger partial charge is 0.270 e. The SMILES string of the molecule is CCC[C@@H](CO)NC(=O)c1c(C)nc2c(OCC3CCCCC3)cccn12. The Morgan fingerprint density at radius 3 is 2.89 bits per heavy atom. The van der Waals surface area contributed by atoms with Crippen LogP contribution >= 0.6 is 0 Å². The van der Waals surface area contributed by atoms with Gasteiger partial charge in [-0.2, -0.15) is 0 Å². The van der Waals surface area contributed by atoms with E-state index in [1.54, 1.807) is 4.40 Å². The number of aromatic nitrogens is 2. The van der Waals surface area contributed by atoms with E-state index in [2.05, 4.69) is 10.3 Å². The first kappa shape index (κ1) is 19.7. The molecule has 0 unspecified atom stereocenters. The van der Waals surface area contributed by atoms with Crippen molar-refractivity contribution in [1.29, 1.82) is 0 Å². The molecule has 2 N–H and O–H groups in total. The standard InChI is InChI=1S/C21H31N3O3/c1-3-8-17(13-25)23-21(26)19-15(2)22-20-18(11-7-12-24(19)20)27-14-16-9-5-4-6-10-16/h7,11-12,16-17,25H,3-6,8-10,13-14H2,1-2H3,(H,23,26)/t17-/m0/s1. The Labute approximate surface area is 160 Å². The lowest BCUT2D eigenvalue weighted by Gasteiger charge is -2.21. The average Bonchev–Trinajstić information content (AvgIpc) is 3.03. The van der Waals surface area contributed by atoms with Crippen LogP contribution in [0, 0.1) is 12.8 Å². The summed E-state index contributed by atoms with van der Waals surface area (Å²) in [6.07, 6.45) is 9.84. The van der Waals surface area contributed by atoms with Gasteiger partial charge in [-0.15, -0.1) is 0 Å². The molecule has 3 rings (SSSR count). The number of imidazole rings is 1. The van der Waals surface area contributed by atoms with Crippen molar-refractivity contribution in [3.05, 3.63) is 29.7 Å². The van der Waals surface area contributed by atoms with Crippen molar-refractivity contribution in [3.63, 3.8) is 0 Å². The molecular weight excluding hydrogens is 342 g/mol. The minimum absolute atomic E-state index is 0.0644. The highest BCUT2D eigenvalue weighted by Gasteiger charge is 2.21. The number of hydrogen-bond acceptors (Lipinski definition) is 4. The van der Waals surface area contributed by atoms with Crippen molar-refractivity contribution >= 4 is 11.6 Å². The zero-order valence-electron chi connectivity index (χ0n) is 16.4. The molecule has 1 aliphatic carbocycles. The predicted octanol–water partition coefficient (Wildman–Crippen LogP) is 3.49. The van der Waals surface area contributed by atoms with E-state index in [0.717, 1.165) is 18.6 Å². The summed E-state index contributed by atoms with van der Waals surface area (Å²) < 4.78 is 7.89. The molecule has 0 spiro atoms. The third kappa shape index (κ3) is 4.61. The second kappa shape index (κ2) is 9.22. The van der Waals surface area contributed by atoms with Crippen LogP contribution in [-0.4, -0.2) is 39.7 Å². The second-order valence-corrected chi connectivity index (χ2v) is 7.57. The summed E-state index contributed by atoms with van der Waals surface area (Å²) in [7, 11) is 0. The highest BCUT2D eigenvalue weighted by atomic mass is 16.5. The van der Waals surface area contributed by atoms with Gasteiger partial charge in [0.05, 0.1) is 24.9 Å². The highest BCUT2D eigenvalue weighted by Crippen LogP contribution is 2.27. The summed E-state index contributed by atoms with van der Waals surface area (Å²) in [5, 5.41) is 12.4. The molecular formula is C21H31N3O3. The van der Waals surface area contributed by atoms with Gasteiger partial charge in [0, 0.05) is 6.20 Å². The Morgan fingerprint density at radius 2 is 2.19 bits per heavy atom. The molecule has 1 atom stereocenters. The Balaban J connectivity index is 1.79. The number of ether oxygens (including phenoxy) is 1. The van der Waals surface area contributed by atoms with Gasteiger partial charge < -0.3 is 15.2 Å². The molecule has 6 nitrogen and oxygen atoms in total. The lowest BCUT2D eigenvalue weighted by Crippen LogP contribution is -2.38. The fourth-order valence-electron chi connectivity index (χ4n) is 3.91. The zero-order chi connectivity index (χ0) is 19.2. The monoisotopic (exact) mass is 373 g/mol. The maximum absolute atomic E-state index is 12.8. The van der Waals surface area contributed by atoms with Crippen molar-refractivity contribution in [2.24, 2.45) is 5.92 Å². The largest absolute Gasteiger partial charge is 0.489 e. The molecule has 0 aromatic carbocycles. The quantitative estimate of drug-likeness (QED) is 0.743. The van der Waals surface area contributed by atoms with Crippen LogP contribution < -0.4 is 10.1 Å². The number of nitrogens with one attached hydrogen (secondary N) is 1. The molecule has 1 amide bonds. The molecule has 1 fully saturated rings. The van der Waals surface area contributed by atoms with E-state index >= 15 is 0 Å². The molecule has 0 aliphatic heterocycles. The van der Waals surface area contributed by atoms with Crippen LogP contribution in [0.25, 0.3) is 5.65 Å². The first-order valence-electron chi connectivity index (χ1n) is 10.2. The van der Waals surface area contributed by atoms with E-state index in [-0.39, 0.29) is 18.6 Å². The van der Waals surface area contributed by atoms with Crippen LogP contribution in [0.4, 0.5) is 0 Å². The van der Waals surface area contributed by atoms with E-state index in [1.165, 1.54) is 32.1 Å². The Bertz CT molecular complexity index is 765. The number of hydrogen-bond donors (Lipinski definition) is 2. The molecule has 6 heteroatoms. The van der Waals surface area contributed by atoms with E-state index in [1.807, 2.05) is 32.2 Å². The lowest BCUT2D eigenvalue weighted by molar-refractivity contribution is 0.0906. The van der Waals surface area contributed by atoms with Gasteiger partial charge in [0.25, 0.3) is 5.91 Å². The Morgan fingerprint density at radius 1 is 1.41 bits per heavy atom. The number of aliphatic hydroxyl groups is 1. The number of aryl methyl sites for hydroxylation is 1. The summed E-state index contributed by atoms with van der Waals surface area (Å²) in [5.41, 5.74) is 1.84. The van der Waals surface area contributed by atoms with Crippen LogP contribution in [0.5, 0.6) is 5.75 Å². The van der Waals surface area contributed by atoms with Gasteiger partial charge in [-0.05, 0) is 44.2 Å². The minimum atomic E-state index is -0.238. The highest BCUT2D eigenvalue weighted by molar-refractivity contribution is 5.95. The molecule has 0 radical (unpaired) electrons. The van der Waals surface area contributed by atoms with Crippen molar-refractivity contribution in [2.45, 2.75) is 64.8 Å². The normalized spacial score (nSPS) is 16.4. The molecule has 2 aromatic rings. The average molecular weight is 373 g/mol.